The number of rotatable bonds is 2. The van der Waals surface area contributed by atoms with Gasteiger partial charge in [0.1, 0.15) is 5.60 Å². The summed E-state index contributed by atoms with van der Waals surface area (Å²) in [6.07, 6.45) is -0.301. The van der Waals surface area contributed by atoms with Crippen LogP contribution in [0.4, 0.5) is 10.5 Å². The number of anilines is 1. The van der Waals surface area contributed by atoms with E-state index in [1.165, 1.54) is 11.1 Å². The third-order valence-electron chi connectivity index (χ3n) is 3.61. The van der Waals surface area contributed by atoms with Crippen molar-refractivity contribution in [1.29, 1.82) is 0 Å². The Morgan fingerprint density at radius 3 is 2.52 bits per heavy atom. The van der Waals surface area contributed by atoms with Crippen LogP contribution in [0.1, 0.15) is 31.9 Å². The van der Waals surface area contributed by atoms with Crippen LogP contribution in [0, 0.1) is 13.8 Å². The summed E-state index contributed by atoms with van der Waals surface area (Å²) in [6, 6.07) is 6.06. The molecular weight excluding hydrogens is 292 g/mol. The fraction of sp³-hybridized carbons (Fsp3) is 0.529. The number of guanidine groups is 1. The summed E-state index contributed by atoms with van der Waals surface area (Å²) in [6.45, 7) is 10.7. The van der Waals surface area contributed by atoms with Gasteiger partial charge >= 0.3 is 6.09 Å². The topological polar surface area (TPSA) is 80.0 Å². The van der Waals surface area contributed by atoms with Crippen LogP contribution in [-0.2, 0) is 4.74 Å². The van der Waals surface area contributed by atoms with Gasteiger partial charge in [-0.1, -0.05) is 6.07 Å². The average molecular weight is 318 g/mol. The Balaban J connectivity index is 1.84. The van der Waals surface area contributed by atoms with Crippen molar-refractivity contribution in [3.8, 4) is 0 Å². The van der Waals surface area contributed by atoms with Crippen LogP contribution in [-0.4, -0.2) is 41.7 Å². The van der Waals surface area contributed by atoms with Crippen LogP contribution in [0.2, 0.25) is 0 Å². The van der Waals surface area contributed by atoms with Crippen molar-refractivity contribution in [3.05, 3.63) is 29.3 Å². The quantitative estimate of drug-likeness (QED) is 0.649. The molecule has 0 bridgehead atoms. The summed E-state index contributed by atoms with van der Waals surface area (Å²) in [5.41, 5.74) is 8.80. The molecule has 1 aliphatic heterocycles. The second-order valence-electron chi connectivity index (χ2n) is 6.98. The lowest BCUT2D eigenvalue weighted by atomic mass is 10.1. The maximum absolute atomic E-state index is 11.8. The van der Waals surface area contributed by atoms with Crippen LogP contribution in [0.25, 0.3) is 0 Å². The molecule has 23 heavy (non-hydrogen) atoms. The first-order chi connectivity index (χ1) is 10.6. The van der Waals surface area contributed by atoms with Gasteiger partial charge in [0, 0.05) is 18.8 Å². The second-order valence-corrected chi connectivity index (χ2v) is 6.98. The van der Waals surface area contributed by atoms with E-state index in [1.54, 1.807) is 4.90 Å². The number of carbonyl (C=O) groups is 1. The molecule has 0 atom stereocenters. The van der Waals surface area contributed by atoms with E-state index < -0.39 is 5.60 Å². The van der Waals surface area contributed by atoms with Gasteiger partial charge < -0.3 is 20.7 Å². The van der Waals surface area contributed by atoms with E-state index in [2.05, 4.69) is 24.2 Å². The molecule has 0 saturated carbocycles. The highest BCUT2D eigenvalue weighted by Crippen LogP contribution is 2.18. The fourth-order valence-electron chi connectivity index (χ4n) is 2.21. The number of benzene rings is 1. The zero-order chi connectivity index (χ0) is 17.2. The Morgan fingerprint density at radius 1 is 1.30 bits per heavy atom. The fourth-order valence-corrected chi connectivity index (χ4v) is 2.21. The molecule has 0 radical (unpaired) electrons. The highest BCUT2D eigenvalue weighted by molar-refractivity contribution is 5.92. The van der Waals surface area contributed by atoms with Crippen LogP contribution in [0.3, 0.4) is 0 Å². The van der Waals surface area contributed by atoms with Crippen molar-refractivity contribution >= 4 is 17.7 Å². The number of hydrogen-bond donors (Lipinski definition) is 2. The largest absolute Gasteiger partial charge is 0.444 e. The van der Waals surface area contributed by atoms with Gasteiger partial charge in [0.2, 0.25) is 0 Å². The minimum absolute atomic E-state index is 0.0153. The van der Waals surface area contributed by atoms with Crippen molar-refractivity contribution in [2.75, 3.05) is 18.4 Å². The van der Waals surface area contributed by atoms with Gasteiger partial charge in [-0.05, 0) is 57.9 Å². The summed E-state index contributed by atoms with van der Waals surface area (Å²) < 4.78 is 5.31. The van der Waals surface area contributed by atoms with Crippen LogP contribution in [0.5, 0.6) is 0 Å². The van der Waals surface area contributed by atoms with Crippen molar-refractivity contribution in [2.45, 2.75) is 46.3 Å². The number of nitrogens with two attached hydrogens (primary N) is 1. The molecule has 1 aromatic carbocycles. The molecule has 0 aliphatic carbocycles. The first-order valence-corrected chi connectivity index (χ1v) is 7.79. The predicted octanol–water partition coefficient (Wildman–Crippen LogP) is 2.65. The van der Waals surface area contributed by atoms with Gasteiger partial charge in [-0.2, -0.15) is 0 Å². The molecule has 3 N–H and O–H groups in total. The SMILES string of the molecule is Cc1ccc(NC(N)=NC2CN(C(=O)OC(C)(C)C)C2)cc1C. The van der Waals surface area contributed by atoms with E-state index in [0.717, 1.165) is 5.69 Å². The Kier molecular flexibility index (Phi) is 4.82. The molecule has 1 aliphatic rings. The van der Waals surface area contributed by atoms with Crippen molar-refractivity contribution in [2.24, 2.45) is 10.7 Å². The molecule has 1 saturated heterocycles. The average Bonchev–Trinajstić information content (AvgIpc) is 2.35. The van der Waals surface area contributed by atoms with Gasteiger partial charge in [0.25, 0.3) is 0 Å². The van der Waals surface area contributed by atoms with E-state index in [1.807, 2.05) is 39.0 Å². The second kappa shape index (κ2) is 6.48. The molecule has 1 aromatic rings. The summed E-state index contributed by atoms with van der Waals surface area (Å²) in [5, 5.41) is 3.08. The number of likely N-dealkylation sites (tertiary alicyclic amines) is 1. The lowest BCUT2D eigenvalue weighted by Gasteiger charge is -2.37. The Morgan fingerprint density at radius 2 is 1.96 bits per heavy atom. The minimum atomic E-state index is -0.477. The summed E-state index contributed by atoms with van der Waals surface area (Å²) >= 11 is 0. The molecule has 126 valence electrons. The normalized spacial score (nSPS) is 16.0. The number of aliphatic imine (C=N–C) groups is 1. The lowest BCUT2D eigenvalue weighted by Crippen LogP contribution is -2.54. The zero-order valence-electron chi connectivity index (χ0n) is 14.5. The van der Waals surface area contributed by atoms with Crippen molar-refractivity contribution in [3.63, 3.8) is 0 Å². The highest BCUT2D eigenvalue weighted by Gasteiger charge is 2.33. The predicted molar refractivity (Wildman–Crippen MR) is 92.8 cm³/mol. The third-order valence-corrected chi connectivity index (χ3v) is 3.61. The first-order valence-electron chi connectivity index (χ1n) is 7.79. The maximum atomic E-state index is 11.8. The van der Waals surface area contributed by atoms with E-state index in [0.29, 0.717) is 19.0 Å². The monoisotopic (exact) mass is 318 g/mol. The van der Waals surface area contributed by atoms with Crippen LogP contribution in [0.15, 0.2) is 23.2 Å². The summed E-state index contributed by atoms with van der Waals surface area (Å²) in [4.78, 5) is 17.9. The van der Waals surface area contributed by atoms with Crippen LogP contribution < -0.4 is 11.1 Å². The minimum Gasteiger partial charge on any atom is -0.444 e. The molecule has 1 fully saturated rings. The lowest BCUT2D eigenvalue weighted by molar-refractivity contribution is 0.00905. The highest BCUT2D eigenvalue weighted by atomic mass is 16.6. The molecule has 2 rings (SSSR count). The van der Waals surface area contributed by atoms with Crippen molar-refractivity contribution < 1.29 is 9.53 Å². The molecule has 1 heterocycles. The number of amides is 1. The molecular formula is C17H26N4O2. The van der Waals surface area contributed by atoms with Gasteiger partial charge in [0.05, 0.1) is 6.04 Å². The molecule has 6 nitrogen and oxygen atoms in total. The number of ether oxygens (including phenoxy) is 1. The summed E-state index contributed by atoms with van der Waals surface area (Å²) in [5.74, 6) is 0.363. The zero-order valence-corrected chi connectivity index (χ0v) is 14.5. The smallest absolute Gasteiger partial charge is 0.410 e. The van der Waals surface area contributed by atoms with Gasteiger partial charge in [-0.15, -0.1) is 0 Å². The van der Waals surface area contributed by atoms with Gasteiger partial charge in [-0.3, -0.25) is 0 Å². The molecule has 0 unspecified atom stereocenters. The number of nitrogens with one attached hydrogen (secondary N) is 1. The van der Waals surface area contributed by atoms with Gasteiger partial charge in [0.15, 0.2) is 5.96 Å². The number of hydrogen-bond acceptors (Lipinski definition) is 3. The van der Waals surface area contributed by atoms with Gasteiger partial charge in [-0.25, -0.2) is 9.79 Å². The molecule has 0 spiro atoms. The molecule has 6 heteroatoms. The van der Waals surface area contributed by atoms with Crippen molar-refractivity contribution in [1.82, 2.24) is 4.90 Å². The molecule has 0 aromatic heterocycles. The third kappa shape index (κ3) is 4.87. The number of aryl methyl sites for hydroxylation is 2. The number of carbonyl (C=O) groups excluding carboxylic acids is 1. The van der Waals surface area contributed by atoms with E-state index in [4.69, 9.17) is 10.5 Å². The number of nitrogens with zero attached hydrogens (tertiary/aromatic N) is 2. The Hall–Kier alpha value is -2.24. The molecule has 1 amide bonds. The van der Waals surface area contributed by atoms with E-state index in [9.17, 15) is 4.79 Å². The Labute approximate surface area is 137 Å². The van der Waals surface area contributed by atoms with E-state index >= 15 is 0 Å². The standard InChI is InChI=1S/C17H26N4O2/c1-11-6-7-13(8-12(11)2)19-15(18)20-14-9-21(10-14)16(22)23-17(3,4)5/h6-8,14H,9-10H2,1-5H3,(H3,18,19,20). The summed E-state index contributed by atoms with van der Waals surface area (Å²) in [7, 11) is 0. The van der Waals surface area contributed by atoms with E-state index in [-0.39, 0.29) is 12.1 Å². The first kappa shape index (κ1) is 17.1. The maximum Gasteiger partial charge on any atom is 0.410 e. The van der Waals surface area contributed by atoms with Crippen LogP contribution >= 0.6 is 0 Å². The Bertz CT molecular complexity index is 614.